The Morgan fingerprint density at radius 1 is 1.11 bits per heavy atom. The molecular weight excluding hydrogens is 378 g/mol. The minimum absolute atomic E-state index is 0.110. The number of halogens is 4. The lowest BCUT2D eigenvalue weighted by Gasteiger charge is -2.16. The van der Waals surface area contributed by atoms with E-state index in [2.05, 4.69) is 5.32 Å². The lowest BCUT2D eigenvalue weighted by Crippen LogP contribution is -2.32. The Labute approximate surface area is 160 Å². The van der Waals surface area contributed by atoms with Crippen molar-refractivity contribution in [1.29, 1.82) is 0 Å². The van der Waals surface area contributed by atoms with Crippen LogP contribution in [0.4, 0.5) is 23.2 Å². The van der Waals surface area contributed by atoms with E-state index in [9.17, 15) is 22.4 Å². The van der Waals surface area contributed by atoms with Crippen molar-refractivity contribution in [2.75, 3.05) is 11.9 Å². The molecule has 2 aromatic carbocycles. The van der Waals surface area contributed by atoms with Crippen molar-refractivity contribution in [1.82, 2.24) is 0 Å². The van der Waals surface area contributed by atoms with Crippen LogP contribution in [0.1, 0.15) is 29.8 Å². The van der Waals surface area contributed by atoms with Crippen molar-refractivity contribution in [3.63, 3.8) is 0 Å². The summed E-state index contributed by atoms with van der Waals surface area (Å²) in [6.45, 7) is 2.01. The van der Waals surface area contributed by atoms with Crippen molar-refractivity contribution in [3.05, 3.63) is 59.7 Å². The van der Waals surface area contributed by atoms with E-state index in [1.807, 2.05) is 13.8 Å². The average Bonchev–Trinajstić information content (AvgIpc) is 2.61. The van der Waals surface area contributed by atoms with E-state index in [0.29, 0.717) is 22.6 Å². The number of benzene rings is 2. The van der Waals surface area contributed by atoms with Gasteiger partial charge in [0.15, 0.2) is 0 Å². The molecule has 8 heteroatoms. The number of alkyl halides is 4. The molecule has 0 unspecified atom stereocenters. The maximum absolute atomic E-state index is 12.9. The molecule has 0 heterocycles. The second-order valence-corrected chi connectivity index (χ2v) is 6.37. The molecule has 0 bridgehead atoms. The van der Waals surface area contributed by atoms with Gasteiger partial charge in [0, 0.05) is 5.69 Å². The Morgan fingerprint density at radius 3 is 2.50 bits per heavy atom. The highest BCUT2D eigenvalue weighted by Gasteiger charge is 2.40. The van der Waals surface area contributed by atoms with Gasteiger partial charge in [-0.05, 0) is 43.7 Å². The van der Waals surface area contributed by atoms with Gasteiger partial charge in [-0.3, -0.25) is 4.79 Å². The van der Waals surface area contributed by atoms with E-state index in [4.69, 9.17) is 9.47 Å². The molecule has 2 rings (SSSR count). The SMILES string of the molecule is CC(C)Oc1ccccc1C(=O)Nc1cccc(COCC(F)(F)C(F)F)c1. The lowest BCUT2D eigenvalue weighted by atomic mass is 10.1. The van der Waals surface area contributed by atoms with Gasteiger partial charge < -0.3 is 14.8 Å². The lowest BCUT2D eigenvalue weighted by molar-refractivity contribution is -0.168. The average molecular weight is 399 g/mol. The summed E-state index contributed by atoms with van der Waals surface area (Å²) in [5.41, 5.74) is 1.20. The van der Waals surface area contributed by atoms with Crippen molar-refractivity contribution < 1.29 is 31.8 Å². The molecule has 0 fully saturated rings. The van der Waals surface area contributed by atoms with Crippen LogP contribution in [0.5, 0.6) is 5.75 Å². The third-order valence-corrected chi connectivity index (χ3v) is 3.56. The summed E-state index contributed by atoms with van der Waals surface area (Å²) in [6.07, 6.45) is -3.90. The van der Waals surface area contributed by atoms with Gasteiger partial charge in [-0.1, -0.05) is 24.3 Å². The molecule has 0 aromatic heterocycles. The Kier molecular flexibility index (Phi) is 7.39. The van der Waals surface area contributed by atoms with E-state index < -0.39 is 24.9 Å². The minimum atomic E-state index is -4.20. The first-order valence-electron chi connectivity index (χ1n) is 8.58. The predicted octanol–water partition coefficient (Wildman–Crippen LogP) is 5.14. The molecule has 0 atom stereocenters. The van der Waals surface area contributed by atoms with Crippen LogP contribution in [0.3, 0.4) is 0 Å². The maximum atomic E-state index is 12.9. The van der Waals surface area contributed by atoms with Crippen molar-refractivity contribution in [3.8, 4) is 5.75 Å². The Balaban J connectivity index is 2.02. The number of para-hydroxylation sites is 1. The summed E-state index contributed by atoms with van der Waals surface area (Å²) in [7, 11) is 0. The molecule has 0 saturated carbocycles. The topological polar surface area (TPSA) is 47.6 Å². The van der Waals surface area contributed by atoms with Gasteiger partial charge >= 0.3 is 12.3 Å². The third-order valence-electron chi connectivity index (χ3n) is 3.56. The van der Waals surface area contributed by atoms with Crippen LogP contribution in [0.15, 0.2) is 48.5 Å². The number of anilines is 1. The highest BCUT2D eigenvalue weighted by Crippen LogP contribution is 2.24. The number of rotatable bonds is 9. The first-order valence-corrected chi connectivity index (χ1v) is 8.58. The fraction of sp³-hybridized carbons (Fsp3) is 0.350. The number of amides is 1. The summed E-state index contributed by atoms with van der Waals surface area (Å²) in [6, 6.07) is 13.1. The normalized spacial score (nSPS) is 11.7. The van der Waals surface area contributed by atoms with Crippen LogP contribution in [0.25, 0.3) is 0 Å². The van der Waals surface area contributed by atoms with Gasteiger partial charge in [0.1, 0.15) is 12.4 Å². The van der Waals surface area contributed by atoms with E-state index in [-0.39, 0.29) is 12.7 Å². The van der Waals surface area contributed by atoms with Crippen molar-refractivity contribution in [2.45, 2.75) is 38.9 Å². The van der Waals surface area contributed by atoms with Gasteiger partial charge in [0.25, 0.3) is 5.91 Å². The van der Waals surface area contributed by atoms with Gasteiger partial charge in [-0.25, -0.2) is 8.78 Å². The van der Waals surface area contributed by atoms with Gasteiger partial charge in [0.05, 0.1) is 18.3 Å². The highest BCUT2D eigenvalue weighted by atomic mass is 19.3. The van der Waals surface area contributed by atoms with Crippen LogP contribution < -0.4 is 10.1 Å². The van der Waals surface area contributed by atoms with Crippen molar-refractivity contribution in [2.24, 2.45) is 0 Å². The van der Waals surface area contributed by atoms with Crippen LogP contribution in [-0.4, -0.2) is 31.0 Å². The molecule has 0 spiro atoms. The van der Waals surface area contributed by atoms with Crippen LogP contribution >= 0.6 is 0 Å². The van der Waals surface area contributed by atoms with Crippen LogP contribution in [-0.2, 0) is 11.3 Å². The fourth-order valence-electron chi connectivity index (χ4n) is 2.32. The summed E-state index contributed by atoms with van der Waals surface area (Å²) < 4.78 is 60.3. The van der Waals surface area contributed by atoms with Gasteiger partial charge in [-0.15, -0.1) is 0 Å². The summed E-state index contributed by atoms with van der Waals surface area (Å²) in [5.74, 6) is -4.17. The molecule has 0 radical (unpaired) electrons. The number of carbonyl (C=O) groups excluding carboxylic acids is 1. The monoisotopic (exact) mass is 399 g/mol. The van der Waals surface area contributed by atoms with E-state index >= 15 is 0 Å². The zero-order valence-electron chi connectivity index (χ0n) is 15.4. The smallest absolute Gasteiger partial charge is 0.330 e. The van der Waals surface area contributed by atoms with E-state index in [1.165, 1.54) is 6.07 Å². The number of carbonyl (C=O) groups is 1. The molecule has 0 aliphatic rings. The molecule has 152 valence electrons. The van der Waals surface area contributed by atoms with Gasteiger partial charge in [0.2, 0.25) is 0 Å². The van der Waals surface area contributed by atoms with Gasteiger partial charge in [-0.2, -0.15) is 8.78 Å². The first kappa shape index (κ1) is 21.7. The van der Waals surface area contributed by atoms with Crippen molar-refractivity contribution >= 4 is 11.6 Å². The Morgan fingerprint density at radius 2 is 1.82 bits per heavy atom. The molecule has 28 heavy (non-hydrogen) atoms. The molecule has 0 aliphatic carbocycles. The summed E-state index contributed by atoms with van der Waals surface area (Å²) >= 11 is 0. The minimum Gasteiger partial charge on any atom is -0.490 e. The highest BCUT2D eigenvalue weighted by molar-refractivity contribution is 6.06. The predicted molar refractivity (Wildman–Crippen MR) is 97.2 cm³/mol. The number of hydrogen-bond acceptors (Lipinski definition) is 3. The largest absolute Gasteiger partial charge is 0.490 e. The summed E-state index contributed by atoms with van der Waals surface area (Å²) in [4.78, 5) is 12.5. The quantitative estimate of drug-likeness (QED) is 0.594. The number of ether oxygens (including phenoxy) is 2. The molecule has 2 aromatic rings. The summed E-state index contributed by atoms with van der Waals surface area (Å²) in [5, 5.41) is 2.69. The molecule has 1 amide bonds. The van der Waals surface area contributed by atoms with Crippen LogP contribution in [0.2, 0.25) is 0 Å². The standard InChI is InChI=1S/C20H21F4NO3/c1-13(2)28-17-9-4-3-8-16(17)18(26)25-15-7-5-6-14(10-15)11-27-12-20(23,24)19(21)22/h3-10,13,19H,11-12H2,1-2H3,(H,25,26). The number of nitrogens with one attached hydrogen (secondary N) is 1. The first-order chi connectivity index (χ1) is 13.2. The molecular formula is C20H21F4NO3. The zero-order valence-corrected chi connectivity index (χ0v) is 15.4. The molecule has 0 saturated heterocycles. The molecule has 0 aliphatic heterocycles. The second-order valence-electron chi connectivity index (χ2n) is 6.37. The molecule has 4 nitrogen and oxygen atoms in total. The molecule has 1 N–H and O–H groups in total. The number of hydrogen-bond donors (Lipinski definition) is 1. The zero-order chi connectivity index (χ0) is 20.7. The Bertz CT molecular complexity index is 797. The van der Waals surface area contributed by atoms with E-state index in [0.717, 1.165) is 0 Å². The van der Waals surface area contributed by atoms with Crippen LogP contribution in [0, 0.1) is 0 Å². The Hall–Kier alpha value is -2.61. The maximum Gasteiger partial charge on any atom is 0.330 e. The fourth-order valence-corrected chi connectivity index (χ4v) is 2.32. The third kappa shape index (κ3) is 6.23. The van der Waals surface area contributed by atoms with E-state index in [1.54, 1.807) is 42.5 Å². The second kappa shape index (κ2) is 9.54.